The first kappa shape index (κ1) is 25.8. The molecule has 0 aliphatic heterocycles. The molecular formula is C27H33Cl2N7O2. The number of imidazole rings is 1. The highest BCUT2D eigenvalue weighted by atomic mass is 35.5. The lowest BCUT2D eigenvalue weighted by atomic mass is 10.0. The Labute approximate surface area is 231 Å². The molecule has 202 valence electrons. The van der Waals surface area contributed by atoms with Crippen LogP contribution in [0.4, 0.5) is 5.82 Å². The smallest absolute Gasteiger partial charge is 0.145 e. The molecule has 0 amide bonds. The molecule has 9 nitrogen and oxygen atoms in total. The average Bonchev–Trinajstić information content (AvgIpc) is 3.36. The number of hydrogen-bond acceptors (Lipinski definition) is 7. The minimum absolute atomic E-state index is 0.0202. The molecule has 2 saturated carbocycles. The maximum atomic E-state index is 11.0. The Morgan fingerprint density at radius 2 is 1.95 bits per heavy atom. The second kappa shape index (κ2) is 10.6. The summed E-state index contributed by atoms with van der Waals surface area (Å²) in [6, 6.07) is 5.87. The van der Waals surface area contributed by atoms with Crippen LogP contribution in [-0.4, -0.2) is 78.0 Å². The summed E-state index contributed by atoms with van der Waals surface area (Å²) in [5.74, 6) is 1.75. The predicted molar refractivity (Wildman–Crippen MR) is 150 cm³/mol. The van der Waals surface area contributed by atoms with Crippen LogP contribution >= 0.6 is 23.2 Å². The van der Waals surface area contributed by atoms with Gasteiger partial charge in [-0.2, -0.15) is 0 Å². The number of rotatable bonds is 10. The fourth-order valence-electron chi connectivity index (χ4n) is 5.67. The lowest BCUT2D eigenvalue weighted by Crippen LogP contribution is -2.35. The third-order valence-electron chi connectivity index (χ3n) is 7.88. The third-order valence-corrected chi connectivity index (χ3v) is 8.60. The molecule has 38 heavy (non-hydrogen) atoms. The number of halogens is 2. The number of aliphatic hydroxyl groups is 2. The van der Waals surface area contributed by atoms with Crippen LogP contribution in [-0.2, 0) is 6.42 Å². The highest BCUT2D eigenvalue weighted by Crippen LogP contribution is 2.38. The van der Waals surface area contributed by atoms with Crippen molar-refractivity contribution >= 4 is 51.1 Å². The number of benzene rings is 1. The second-order valence-electron chi connectivity index (χ2n) is 10.8. The molecule has 3 heterocycles. The van der Waals surface area contributed by atoms with E-state index in [-0.39, 0.29) is 12.0 Å². The predicted octanol–water partition coefficient (Wildman–Crippen LogP) is 4.43. The molecule has 0 bridgehead atoms. The van der Waals surface area contributed by atoms with Crippen LogP contribution < -0.4 is 5.32 Å². The van der Waals surface area contributed by atoms with Crippen LogP contribution in [0.2, 0.25) is 10.0 Å². The highest BCUT2D eigenvalue weighted by Gasteiger charge is 2.43. The zero-order valence-corrected chi connectivity index (χ0v) is 22.8. The van der Waals surface area contributed by atoms with Crippen LogP contribution in [0.3, 0.4) is 0 Å². The van der Waals surface area contributed by atoms with Crippen LogP contribution in [0.25, 0.3) is 22.1 Å². The second-order valence-corrected chi connectivity index (χ2v) is 11.6. The largest absolute Gasteiger partial charge is 0.390 e. The van der Waals surface area contributed by atoms with E-state index in [0.29, 0.717) is 22.5 Å². The molecule has 6 rings (SSSR count). The molecule has 4 N–H and O–H groups in total. The Bertz CT molecular complexity index is 1400. The van der Waals surface area contributed by atoms with Crippen LogP contribution in [0, 0.1) is 5.92 Å². The summed E-state index contributed by atoms with van der Waals surface area (Å²) in [4.78, 5) is 19.1. The summed E-state index contributed by atoms with van der Waals surface area (Å²) >= 11 is 12.2. The molecule has 2 unspecified atom stereocenters. The van der Waals surface area contributed by atoms with Crippen molar-refractivity contribution in [2.45, 2.75) is 62.8 Å². The van der Waals surface area contributed by atoms with Gasteiger partial charge >= 0.3 is 0 Å². The minimum atomic E-state index is -0.839. The summed E-state index contributed by atoms with van der Waals surface area (Å²) < 4.78 is 2.01. The molecule has 0 radical (unpaired) electrons. The standard InChI is InChI=1S/C27H33Cl2N7O2/c1-35(8-3-2-4-23-33-20-11-18(28)19(29)12-21(20)34-23)13-15-10-22(25(38)24(15)37)36-9-7-17-26(32-16-5-6-16)30-14-31-27(17)36/h7,9,11-12,14-16,22,24-25,37-38H,2-6,8,10,13H2,1H3,(H,33,34)(H,30,31,32)/t15?,22?,24-,25+/m1/s1. The topological polar surface area (TPSA) is 115 Å². The third kappa shape index (κ3) is 5.22. The number of fused-ring (bicyclic) bond motifs is 2. The van der Waals surface area contributed by atoms with E-state index in [1.807, 2.05) is 22.9 Å². The molecule has 11 heteroatoms. The lowest BCUT2D eigenvalue weighted by molar-refractivity contribution is 0.00167. The fourth-order valence-corrected chi connectivity index (χ4v) is 5.99. The van der Waals surface area contributed by atoms with Gasteiger partial charge in [-0.3, -0.25) is 0 Å². The highest BCUT2D eigenvalue weighted by molar-refractivity contribution is 6.42. The summed E-state index contributed by atoms with van der Waals surface area (Å²) in [5.41, 5.74) is 2.52. The van der Waals surface area contributed by atoms with Crippen molar-refractivity contribution in [3.05, 3.63) is 46.6 Å². The number of unbranched alkanes of at least 4 members (excludes halogenated alkanes) is 1. The number of nitrogens with one attached hydrogen (secondary N) is 2. The molecule has 3 aromatic heterocycles. The number of aryl methyl sites for hydroxylation is 1. The number of nitrogens with zero attached hydrogens (tertiary/aromatic N) is 5. The van der Waals surface area contributed by atoms with Gasteiger partial charge in [0.1, 0.15) is 29.7 Å². The van der Waals surface area contributed by atoms with Gasteiger partial charge in [0.25, 0.3) is 0 Å². The molecule has 2 aliphatic carbocycles. The number of aromatic nitrogens is 5. The van der Waals surface area contributed by atoms with Gasteiger partial charge in [0.2, 0.25) is 0 Å². The first-order chi connectivity index (χ1) is 18.4. The van der Waals surface area contributed by atoms with E-state index in [4.69, 9.17) is 23.2 Å². The Hall–Kier alpha value is -2.43. The van der Waals surface area contributed by atoms with Crippen LogP contribution in [0.1, 0.15) is 44.0 Å². The monoisotopic (exact) mass is 557 g/mol. The van der Waals surface area contributed by atoms with Crippen molar-refractivity contribution in [1.82, 2.24) is 29.4 Å². The molecular weight excluding hydrogens is 525 g/mol. The Balaban J connectivity index is 1.03. The summed E-state index contributed by atoms with van der Waals surface area (Å²) in [6.07, 6.45) is 7.76. The molecule has 0 spiro atoms. The van der Waals surface area contributed by atoms with E-state index in [1.54, 1.807) is 12.4 Å². The number of anilines is 1. The summed E-state index contributed by atoms with van der Waals surface area (Å²) in [7, 11) is 2.08. The SMILES string of the molecule is CN(CCCCc1nc2cc(Cl)c(Cl)cc2[nH]1)CC1CC(n2ccc3c(NC4CC4)ncnc32)[C@H](O)[C@@H]1O. The molecule has 2 aliphatic rings. The van der Waals surface area contributed by atoms with E-state index in [2.05, 4.69) is 37.2 Å². The van der Waals surface area contributed by atoms with Gasteiger partial charge in [-0.05, 0) is 63.9 Å². The number of aromatic amines is 1. The van der Waals surface area contributed by atoms with E-state index >= 15 is 0 Å². The van der Waals surface area contributed by atoms with Crippen molar-refractivity contribution in [2.75, 3.05) is 25.5 Å². The van der Waals surface area contributed by atoms with E-state index in [1.165, 1.54) is 12.8 Å². The molecule has 4 aromatic rings. The number of aliphatic hydroxyl groups excluding tert-OH is 2. The van der Waals surface area contributed by atoms with Gasteiger partial charge in [0, 0.05) is 31.1 Å². The minimum Gasteiger partial charge on any atom is -0.390 e. The van der Waals surface area contributed by atoms with Crippen molar-refractivity contribution in [1.29, 1.82) is 0 Å². The van der Waals surface area contributed by atoms with E-state index < -0.39 is 12.2 Å². The van der Waals surface area contributed by atoms with E-state index in [0.717, 1.165) is 66.1 Å². The first-order valence-corrected chi connectivity index (χ1v) is 14.1. The lowest BCUT2D eigenvalue weighted by Gasteiger charge is -2.23. The van der Waals surface area contributed by atoms with Gasteiger partial charge in [0.05, 0.1) is 38.6 Å². The van der Waals surface area contributed by atoms with Crippen molar-refractivity contribution in [3.8, 4) is 0 Å². The normalized spacial score (nSPS) is 23.7. The van der Waals surface area contributed by atoms with Gasteiger partial charge in [-0.25, -0.2) is 15.0 Å². The van der Waals surface area contributed by atoms with Gasteiger partial charge < -0.3 is 30.0 Å². The zero-order chi connectivity index (χ0) is 26.4. The quantitative estimate of drug-likeness (QED) is 0.213. The van der Waals surface area contributed by atoms with Gasteiger partial charge in [-0.1, -0.05) is 23.2 Å². The average molecular weight is 559 g/mol. The fraction of sp³-hybridized carbons (Fsp3) is 0.519. The maximum Gasteiger partial charge on any atom is 0.145 e. The molecule has 1 aromatic carbocycles. The Kier molecular flexibility index (Phi) is 7.22. The van der Waals surface area contributed by atoms with Crippen LogP contribution in [0.5, 0.6) is 0 Å². The van der Waals surface area contributed by atoms with Gasteiger partial charge in [-0.15, -0.1) is 0 Å². The van der Waals surface area contributed by atoms with Crippen LogP contribution in [0.15, 0.2) is 30.7 Å². The Morgan fingerprint density at radius 3 is 2.76 bits per heavy atom. The first-order valence-electron chi connectivity index (χ1n) is 13.3. The number of H-pyrrole nitrogens is 1. The Morgan fingerprint density at radius 1 is 1.13 bits per heavy atom. The van der Waals surface area contributed by atoms with Crippen molar-refractivity contribution in [3.63, 3.8) is 0 Å². The molecule has 0 saturated heterocycles. The number of hydrogen-bond donors (Lipinski definition) is 4. The molecule has 4 atom stereocenters. The summed E-state index contributed by atoms with van der Waals surface area (Å²) in [6.45, 7) is 1.62. The maximum absolute atomic E-state index is 11.0. The zero-order valence-electron chi connectivity index (χ0n) is 21.3. The van der Waals surface area contributed by atoms with Crippen molar-refractivity contribution < 1.29 is 10.2 Å². The summed E-state index contributed by atoms with van der Waals surface area (Å²) in [5, 5.41) is 27.3. The van der Waals surface area contributed by atoms with E-state index in [9.17, 15) is 10.2 Å². The molecule has 2 fully saturated rings. The van der Waals surface area contributed by atoms with Gasteiger partial charge in [0.15, 0.2) is 0 Å². The van der Waals surface area contributed by atoms with Crippen molar-refractivity contribution in [2.24, 2.45) is 5.92 Å².